The van der Waals surface area contributed by atoms with Gasteiger partial charge in [0, 0.05) is 7.29 Å². The van der Waals surface area contributed by atoms with Crippen LogP contribution in [0, 0.1) is 92.7 Å². The molecule has 0 aromatic carbocycles. The van der Waals surface area contributed by atoms with Crippen molar-refractivity contribution in [2.45, 2.75) is 229 Å². The molecule has 0 spiro atoms. The average molecular weight is 782 g/mol. The Morgan fingerprint density at radius 3 is 1.41 bits per heavy atom. The molecule has 3 N–H and O–H groups in total. The molecule has 4 heteroatoms. The number of rotatable bonds is 4. The monoisotopic (exact) mass is 782 g/mol. The molecule has 0 aromatic heterocycles. The lowest BCUT2D eigenvalue weighted by molar-refractivity contribution is -0.166. The van der Waals surface area contributed by atoms with Gasteiger partial charge in [0.1, 0.15) is 5.78 Å². The zero-order chi connectivity index (χ0) is 39.3. The maximum absolute atomic E-state index is 12.3. The third kappa shape index (κ3) is 6.98. The van der Waals surface area contributed by atoms with Crippen LogP contribution in [0.2, 0.25) is 0 Å². The van der Waals surface area contributed by atoms with E-state index in [1.807, 2.05) is 13.8 Å². The van der Waals surface area contributed by atoms with Crippen LogP contribution in [0.1, 0.15) is 213 Å². The molecule has 0 radical (unpaired) electrons. The molecule has 0 heterocycles. The fraction of sp³-hybridized carbons (Fsp3) is 0.981. The predicted octanol–water partition coefficient (Wildman–Crippen LogP) is 12.8. The summed E-state index contributed by atoms with van der Waals surface area (Å²) in [5, 5.41) is 32.0. The van der Waals surface area contributed by atoms with Crippen molar-refractivity contribution in [3.8, 4) is 0 Å². The standard InChI is InChI=1S/C24H40O2.C24H38O2.C2H6.2CH4/c2*1-15(25)19-8-9-20-18-7-6-17-14-22(2,26)12-13-24(17,16-4-5-16)21(18)10-11-23(19,20)3;1-2;;/h15-21,25-26H,4-14H2,1-3H3;16-21,26H,4-14H2,1-3H3;1-2H3;2*1H4/t15?,17-,18+,19-,20+,21+,22-,23-,24-;17-,18+,19-,20+,21+,22-,23-,24-;;;/m11.../s1/i;;1D;;. The van der Waals surface area contributed by atoms with Crippen LogP contribution in [0.15, 0.2) is 0 Å². The number of carbonyl (C=O) groups excluding carboxylic acids is 1. The molecule has 17 atom stereocenters. The summed E-state index contributed by atoms with van der Waals surface area (Å²) in [6, 6.07) is 0. The third-order valence-corrected chi connectivity index (χ3v) is 20.9. The first-order chi connectivity index (χ1) is 26.0. The quantitative estimate of drug-likeness (QED) is 0.265. The van der Waals surface area contributed by atoms with Gasteiger partial charge in [-0.25, -0.2) is 0 Å². The third-order valence-electron chi connectivity index (χ3n) is 20.9. The lowest BCUT2D eigenvalue weighted by Gasteiger charge is -2.63. The van der Waals surface area contributed by atoms with Gasteiger partial charge in [-0.05, 0) is 256 Å². The minimum absolute atomic E-state index is 0. The Morgan fingerprint density at radius 1 is 0.571 bits per heavy atom. The number of hydrogen-bond acceptors (Lipinski definition) is 4. The number of Topliss-reactive ketones (excluding diaryl/α,β-unsaturated/α-hetero) is 1. The van der Waals surface area contributed by atoms with Crippen LogP contribution >= 0.6 is 0 Å². The number of hydrogen-bond donors (Lipinski definition) is 3. The molecule has 0 bridgehead atoms. The highest BCUT2D eigenvalue weighted by Gasteiger charge is 2.67. The van der Waals surface area contributed by atoms with E-state index in [1.165, 1.54) is 109 Å². The topological polar surface area (TPSA) is 77.8 Å². The van der Waals surface area contributed by atoms with Gasteiger partial charge in [-0.3, -0.25) is 4.79 Å². The first-order valence-electron chi connectivity index (χ1n) is 24.6. The van der Waals surface area contributed by atoms with E-state index in [0.717, 1.165) is 91.3 Å². The van der Waals surface area contributed by atoms with Crippen molar-refractivity contribution < 1.29 is 21.5 Å². The molecule has 56 heavy (non-hydrogen) atoms. The van der Waals surface area contributed by atoms with Crippen molar-refractivity contribution in [1.82, 2.24) is 0 Å². The zero-order valence-electron chi connectivity index (χ0n) is 37.0. The number of aliphatic hydroxyl groups excluding tert-OH is 1. The van der Waals surface area contributed by atoms with Crippen molar-refractivity contribution in [3.05, 3.63) is 0 Å². The number of aliphatic hydroxyl groups is 3. The largest absolute Gasteiger partial charge is 0.393 e. The Bertz CT molecular complexity index is 1400. The van der Waals surface area contributed by atoms with Gasteiger partial charge in [0.25, 0.3) is 0 Å². The molecule has 10 aliphatic rings. The summed E-state index contributed by atoms with van der Waals surface area (Å²) >= 11 is 0. The maximum atomic E-state index is 12.3. The molecule has 0 aliphatic heterocycles. The summed E-state index contributed by atoms with van der Waals surface area (Å²) in [4.78, 5) is 12.3. The Hall–Kier alpha value is -0.450. The van der Waals surface area contributed by atoms with E-state index in [1.54, 1.807) is 6.92 Å². The second-order valence-electron chi connectivity index (χ2n) is 23.2. The van der Waals surface area contributed by atoms with E-state index in [9.17, 15) is 20.1 Å². The van der Waals surface area contributed by atoms with Gasteiger partial charge in [-0.2, -0.15) is 0 Å². The van der Waals surface area contributed by atoms with Crippen molar-refractivity contribution in [1.29, 1.82) is 0 Å². The van der Waals surface area contributed by atoms with E-state index in [-0.39, 0.29) is 26.4 Å². The van der Waals surface area contributed by atoms with Crippen LogP contribution < -0.4 is 0 Å². The molecule has 0 aromatic rings. The minimum atomic E-state index is -0.424. The van der Waals surface area contributed by atoms with Crippen molar-refractivity contribution >= 4 is 5.78 Å². The Balaban J connectivity index is 0.000000175. The minimum Gasteiger partial charge on any atom is -0.393 e. The lowest BCUT2D eigenvalue weighted by Crippen LogP contribution is -2.57. The van der Waals surface area contributed by atoms with E-state index < -0.39 is 11.2 Å². The van der Waals surface area contributed by atoms with E-state index in [2.05, 4.69) is 27.7 Å². The molecular formula is C52H92O4. The molecule has 10 aliphatic carbocycles. The highest BCUT2D eigenvalue weighted by molar-refractivity contribution is 5.79. The van der Waals surface area contributed by atoms with Gasteiger partial charge >= 0.3 is 0 Å². The SMILES string of the molecule is C.C.CC(=O)[C@H]1CC[C@H]2[C@@H]3CC[C@@H]4C[C@](C)(O)CC[C@]4(C4CC4)[C@H]3CC[C@]12C.CC(O)[C@H]1CC[C@H]2[C@@H]3CC[C@@H]4C[C@](C)(O)CC[C@]4(C4CC4)[C@H]3CC[C@]12C.[2H]CC. The van der Waals surface area contributed by atoms with E-state index in [0.29, 0.717) is 40.8 Å². The van der Waals surface area contributed by atoms with E-state index in [4.69, 9.17) is 1.37 Å². The number of ketones is 1. The summed E-state index contributed by atoms with van der Waals surface area (Å²) < 4.78 is 6.21. The molecule has 10 fully saturated rings. The van der Waals surface area contributed by atoms with Gasteiger partial charge in [-0.15, -0.1) is 0 Å². The van der Waals surface area contributed by atoms with Gasteiger partial charge < -0.3 is 15.3 Å². The van der Waals surface area contributed by atoms with Crippen LogP contribution in [0.25, 0.3) is 0 Å². The molecule has 10 saturated carbocycles. The molecule has 4 nitrogen and oxygen atoms in total. The Labute approximate surface area is 347 Å². The first kappa shape index (κ1) is 43.6. The van der Waals surface area contributed by atoms with Gasteiger partial charge in [0.05, 0.1) is 17.3 Å². The highest BCUT2D eigenvalue weighted by Crippen LogP contribution is 2.74. The molecule has 10 rings (SSSR count). The fourth-order valence-corrected chi connectivity index (χ4v) is 18.7. The molecule has 0 amide bonds. The normalized spacial score (nSPS) is 53.4. The van der Waals surface area contributed by atoms with E-state index >= 15 is 0 Å². The fourth-order valence-electron chi connectivity index (χ4n) is 18.7. The second-order valence-corrected chi connectivity index (χ2v) is 23.2. The van der Waals surface area contributed by atoms with Crippen LogP contribution in [0.5, 0.6) is 0 Å². The first-order valence-corrected chi connectivity index (χ1v) is 23.9. The summed E-state index contributed by atoms with van der Waals surface area (Å²) in [7, 11) is 0. The molecular weight excluding hydrogens is 689 g/mol. The molecule has 324 valence electrons. The van der Waals surface area contributed by atoms with Gasteiger partial charge in [-0.1, -0.05) is 42.5 Å². The summed E-state index contributed by atoms with van der Waals surface area (Å²) in [6.45, 7) is 15.3. The summed E-state index contributed by atoms with van der Waals surface area (Å²) in [5.41, 5.74) is 0.935. The zero-order valence-corrected chi connectivity index (χ0v) is 36.0. The van der Waals surface area contributed by atoms with Crippen LogP contribution in [0.4, 0.5) is 0 Å². The van der Waals surface area contributed by atoms with Crippen LogP contribution in [-0.2, 0) is 4.79 Å². The van der Waals surface area contributed by atoms with Crippen LogP contribution in [0.3, 0.4) is 0 Å². The summed E-state index contributed by atoms with van der Waals surface area (Å²) in [6.07, 6.45) is 28.3. The van der Waals surface area contributed by atoms with Crippen molar-refractivity contribution in [2.75, 3.05) is 0 Å². The maximum Gasteiger partial charge on any atom is 0.133 e. The number of fused-ring (bicyclic) bond motifs is 10. The molecule has 0 saturated heterocycles. The number of carbonyl (C=O) groups is 1. The Morgan fingerprint density at radius 2 is 0.982 bits per heavy atom. The van der Waals surface area contributed by atoms with Crippen molar-refractivity contribution in [3.63, 3.8) is 0 Å². The summed E-state index contributed by atoms with van der Waals surface area (Å²) in [5.74, 6) is 9.94. The van der Waals surface area contributed by atoms with Crippen molar-refractivity contribution in [2.24, 2.45) is 92.7 Å². The van der Waals surface area contributed by atoms with Gasteiger partial charge in [0.15, 0.2) is 0 Å². The Kier molecular flexibility index (Phi) is 12.3. The predicted molar refractivity (Wildman–Crippen MR) is 233 cm³/mol. The van der Waals surface area contributed by atoms with Crippen LogP contribution in [-0.4, -0.2) is 38.4 Å². The second kappa shape index (κ2) is 15.8. The highest BCUT2D eigenvalue weighted by atomic mass is 16.3. The smallest absolute Gasteiger partial charge is 0.133 e. The molecule has 1 unspecified atom stereocenters. The van der Waals surface area contributed by atoms with Gasteiger partial charge in [0.2, 0.25) is 0 Å². The average Bonchev–Trinajstić information content (AvgIpc) is 4.06. The lowest BCUT2D eigenvalue weighted by atomic mass is 9.42.